The first-order valence-corrected chi connectivity index (χ1v) is 7.81. The van der Waals surface area contributed by atoms with E-state index in [4.69, 9.17) is 32.8 Å². The topological polar surface area (TPSA) is 59.9 Å². The lowest BCUT2D eigenvalue weighted by molar-refractivity contribution is -0.114. The molecule has 0 aliphatic rings. The smallest absolute Gasteiger partial charge is 0.273 e. The van der Waals surface area contributed by atoms with Crippen molar-refractivity contribution in [2.75, 3.05) is 14.2 Å². The Balaban J connectivity index is 2.30. The fourth-order valence-electron chi connectivity index (χ4n) is 2.04. The molecule has 0 fully saturated rings. The van der Waals surface area contributed by atoms with Crippen LogP contribution in [0.5, 0.6) is 5.75 Å². The van der Waals surface area contributed by atoms with Crippen LogP contribution >= 0.6 is 23.2 Å². The Morgan fingerprint density at radius 2 is 1.96 bits per heavy atom. The highest BCUT2D eigenvalue weighted by molar-refractivity contribution is 6.45. The molecular formula is C17H16Cl2N2O3. The molecule has 0 aromatic heterocycles. The van der Waals surface area contributed by atoms with E-state index in [0.29, 0.717) is 21.4 Å². The molecule has 2 rings (SSSR count). The number of carbonyl (C=O) groups excluding carboxylic acids is 1. The highest BCUT2D eigenvalue weighted by atomic mass is 35.5. The minimum Gasteiger partial charge on any atom is -0.487 e. The van der Waals surface area contributed by atoms with Crippen LogP contribution in [0.3, 0.4) is 0 Å². The zero-order valence-electron chi connectivity index (χ0n) is 13.2. The monoisotopic (exact) mass is 366 g/mol. The van der Waals surface area contributed by atoms with E-state index in [1.165, 1.54) is 14.2 Å². The Hall–Kier alpha value is -2.24. The summed E-state index contributed by atoms with van der Waals surface area (Å²) in [4.78, 5) is 16.8. The maximum absolute atomic E-state index is 12.0. The molecule has 2 aromatic rings. The Bertz CT molecular complexity index is 763. The van der Waals surface area contributed by atoms with Crippen LogP contribution in [0, 0.1) is 0 Å². The largest absolute Gasteiger partial charge is 0.487 e. The van der Waals surface area contributed by atoms with E-state index in [0.717, 1.165) is 5.56 Å². The number of oxime groups is 1. The number of hydrogen-bond acceptors (Lipinski definition) is 4. The SMILES string of the molecule is CNC(=O)/C(=N/OC)c1ccccc1COc1cc(Cl)ccc1Cl. The van der Waals surface area contributed by atoms with Crippen molar-refractivity contribution >= 4 is 34.8 Å². The van der Waals surface area contributed by atoms with Gasteiger partial charge in [-0.3, -0.25) is 4.79 Å². The molecular weight excluding hydrogens is 351 g/mol. The van der Waals surface area contributed by atoms with Crippen molar-refractivity contribution in [3.63, 3.8) is 0 Å². The summed E-state index contributed by atoms with van der Waals surface area (Å²) in [6.45, 7) is 0.190. The molecule has 0 spiro atoms. The molecule has 1 N–H and O–H groups in total. The van der Waals surface area contributed by atoms with E-state index in [-0.39, 0.29) is 18.2 Å². The van der Waals surface area contributed by atoms with Gasteiger partial charge in [-0.15, -0.1) is 0 Å². The number of nitrogens with one attached hydrogen (secondary N) is 1. The third kappa shape index (κ3) is 4.40. The number of carbonyl (C=O) groups is 1. The predicted octanol–water partition coefficient (Wildman–Crippen LogP) is 3.67. The highest BCUT2D eigenvalue weighted by Crippen LogP contribution is 2.28. The summed E-state index contributed by atoms with van der Waals surface area (Å²) in [7, 11) is 2.91. The predicted molar refractivity (Wildman–Crippen MR) is 94.8 cm³/mol. The molecule has 5 nitrogen and oxygen atoms in total. The van der Waals surface area contributed by atoms with Gasteiger partial charge < -0.3 is 14.9 Å². The van der Waals surface area contributed by atoms with Gasteiger partial charge in [0.2, 0.25) is 0 Å². The fourth-order valence-corrected chi connectivity index (χ4v) is 2.38. The Morgan fingerprint density at radius 1 is 1.21 bits per heavy atom. The zero-order chi connectivity index (χ0) is 17.5. The first kappa shape index (κ1) is 18.1. The van der Waals surface area contributed by atoms with Crippen molar-refractivity contribution in [3.8, 4) is 5.75 Å². The van der Waals surface area contributed by atoms with E-state index in [9.17, 15) is 4.79 Å². The normalized spacial score (nSPS) is 11.1. The summed E-state index contributed by atoms with van der Waals surface area (Å²) in [6.07, 6.45) is 0. The lowest BCUT2D eigenvalue weighted by Crippen LogP contribution is -2.29. The first-order valence-electron chi connectivity index (χ1n) is 7.06. The molecule has 0 saturated carbocycles. The molecule has 0 atom stereocenters. The molecule has 0 aliphatic heterocycles. The van der Waals surface area contributed by atoms with Gasteiger partial charge in [0.25, 0.3) is 5.91 Å². The molecule has 0 aliphatic carbocycles. The number of amides is 1. The van der Waals surface area contributed by atoms with Gasteiger partial charge >= 0.3 is 0 Å². The maximum Gasteiger partial charge on any atom is 0.273 e. The van der Waals surface area contributed by atoms with Gasteiger partial charge in [-0.25, -0.2) is 0 Å². The summed E-state index contributed by atoms with van der Waals surface area (Å²) in [5, 5.41) is 7.33. The lowest BCUT2D eigenvalue weighted by Gasteiger charge is -2.13. The molecule has 24 heavy (non-hydrogen) atoms. The van der Waals surface area contributed by atoms with E-state index >= 15 is 0 Å². The number of ether oxygens (including phenoxy) is 1. The minimum atomic E-state index is -0.356. The van der Waals surface area contributed by atoms with E-state index in [1.54, 1.807) is 30.3 Å². The third-order valence-electron chi connectivity index (χ3n) is 3.17. The number of halogens is 2. The van der Waals surface area contributed by atoms with Gasteiger partial charge in [0.05, 0.1) is 5.02 Å². The van der Waals surface area contributed by atoms with Crippen LogP contribution in [-0.4, -0.2) is 25.8 Å². The van der Waals surface area contributed by atoms with Crippen molar-refractivity contribution in [2.24, 2.45) is 5.16 Å². The van der Waals surface area contributed by atoms with Crippen LogP contribution in [0.25, 0.3) is 0 Å². The second-order valence-corrected chi connectivity index (χ2v) is 5.57. The molecule has 0 saturated heterocycles. The lowest BCUT2D eigenvalue weighted by atomic mass is 10.0. The molecule has 126 valence electrons. The standard InChI is InChI=1S/C17H16Cl2N2O3/c1-20-17(22)16(21-23-2)13-6-4-3-5-11(13)10-24-15-9-12(18)7-8-14(15)19/h3-9H,10H2,1-2H3,(H,20,22)/b21-16+. The zero-order valence-corrected chi connectivity index (χ0v) is 14.7. The van der Waals surface area contributed by atoms with E-state index in [1.807, 2.05) is 12.1 Å². The molecule has 1 amide bonds. The number of benzene rings is 2. The number of likely N-dealkylation sites (N-methyl/N-ethyl adjacent to an activating group) is 1. The molecule has 0 radical (unpaired) electrons. The van der Waals surface area contributed by atoms with E-state index in [2.05, 4.69) is 10.5 Å². The summed E-state index contributed by atoms with van der Waals surface area (Å²) in [5.41, 5.74) is 1.53. The molecule has 0 heterocycles. The summed E-state index contributed by atoms with van der Waals surface area (Å²) < 4.78 is 5.74. The Morgan fingerprint density at radius 3 is 2.67 bits per heavy atom. The second-order valence-electron chi connectivity index (χ2n) is 4.72. The van der Waals surface area contributed by atoms with Gasteiger partial charge in [-0.2, -0.15) is 0 Å². The molecule has 2 aromatic carbocycles. The summed E-state index contributed by atoms with van der Waals surface area (Å²) in [6, 6.07) is 12.2. The average Bonchev–Trinajstić information content (AvgIpc) is 2.60. The van der Waals surface area contributed by atoms with Gasteiger partial charge in [-0.1, -0.05) is 52.6 Å². The van der Waals surface area contributed by atoms with Crippen molar-refractivity contribution in [1.82, 2.24) is 5.32 Å². The highest BCUT2D eigenvalue weighted by Gasteiger charge is 2.17. The molecule has 0 bridgehead atoms. The van der Waals surface area contributed by atoms with Crippen LogP contribution in [0.2, 0.25) is 10.0 Å². The number of nitrogens with zero attached hydrogens (tertiary/aromatic N) is 1. The number of hydrogen-bond donors (Lipinski definition) is 1. The van der Waals surface area contributed by atoms with Crippen LogP contribution in [-0.2, 0) is 16.2 Å². The molecule has 0 unspecified atom stereocenters. The maximum atomic E-state index is 12.0. The van der Waals surface area contributed by atoms with Crippen molar-refractivity contribution in [2.45, 2.75) is 6.61 Å². The van der Waals surface area contributed by atoms with Crippen molar-refractivity contribution in [3.05, 3.63) is 63.6 Å². The van der Waals surface area contributed by atoms with Crippen LogP contribution in [0.4, 0.5) is 0 Å². The summed E-state index contributed by atoms with van der Waals surface area (Å²) in [5.74, 6) is 0.106. The Labute approximate surface area is 150 Å². The average molecular weight is 367 g/mol. The van der Waals surface area contributed by atoms with Gasteiger partial charge in [0.1, 0.15) is 19.5 Å². The van der Waals surface area contributed by atoms with Crippen molar-refractivity contribution in [1.29, 1.82) is 0 Å². The third-order valence-corrected chi connectivity index (χ3v) is 3.72. The van der Waals surface area contributed by atoms with Crippen LogP contribution in [0.1, 0.15) is 11.1 Å². The molecule has 7 heteroatoms. The van der Waals surface area contributed by atoms with Gasteiger partial charge in [-0.05, 0) is 17.7 Å². The summed E-state index contributed by atoms with van der Waals surface area (Å²) >= 11 is 12.1. The van der Waals surface area contributed by atoms with E-state index < -0.39 is 0 Å². The second kappa shape index (κ2) is 8.57. The van der Waals surface area contributed by atoms with Gasteiger partial charge in [0, 0.05) is 23.7 Å². The quantitative estimate of drug-likeness (QED) is 0.626. The van der Waals surface area contributed by atoms with Crippen LogP contribution in [0.15, 0.2) is 47.6 Å². The minimum absolute atomic E-state index is 0.163. The van der Waals surface area contributed by atoms with Crippen molar-refractivity contribution < 1.29 is 14.4 Å². The van der Waals surface area contributed by atoms with Crippen LogP contribution < -0.4 is 10.1 Å². The fraction of sp³-hybridized carbons (Fsp3) is 0.176. The number of rotatable bonds is 6. The van der Waals surface area contributed by atoms with Gasteiger partial charge in [0.15, 0.2) is 5.71 Å². The Kier molecular flexibility index (Phi) is 6.46. The first-order chi connectivity index (χ1) is 11.6.